The molecular weight excluding hydrogens is 322 g/mol. The molecule has 2 heterocycles. The van der Waals surface area contributed by atoms with Crippen LogP contribution in [0, 0.1) is 0 Å². The fraction of sp³-hybridized carbons (Fsp3) is 0.167. The molecule has 1 amide bonds. The van der Waals surface area contributed by atoms with Gasteiger partial charge in [-0.25, -0.2) is 4.98 Å². The topological polar surface area (TPSA) is 64.0 Å². The molecule has 24 heavy (non-hydrogen) atoms. The molecule has 6 heteroatoms. The lowest BCUT2D eigenvalue weighted by Crippen LogP contribution is -2.33. The van der Waals surface area contributed by atoms with Crippen LogP contribution in [0.4, 0.5) is 0 Å². The molecule has 1 N–H and O–H groups in total. The van der Waals surface area contributed by atoms with Crippen molar-refractivity contribution in [2.45, 2.75) is 19.5 Å². The van der Waals surface area contributed by atoms with Gasteiger partial charge >= 0.3 is 0 Å². The molecule has 0 fully saturated rings. The SMILES string of the molecule is C[C@H](NC(=O)Cn1cnc(-c2cccs2)cc1=O)c1ccccc1. The van der Waals surface area contributed by atoms with Gasteiger partial charge in [-0.2, -0.15) is 0 Å². The lowest BCUT2D eigenvalue weighted by atomic mass is 10.1. The van der Waals surface area contributed by atoms with Crippen molar-refractivity contribution < 1.29 is 4.79 Å². The fourth-order valence-corrected chi connectivity index (χ4v) is 3.06. The van der Waals surface area contributed by atoms with Crippen molar-refractivity contribution in [1.82, 2.24) is 14.9 Å². The van der Waals surface area contributed by atoms with E-state index < -0.39 is 0 Å². The minimum absolute atomic E-state index is 0.0479. The van der Waals surface area contributed by atoms with E-state index in [1.807, 2.05) is 54.8 Å². The highest BCUT2D eigenvalue weighted by molar-refractivity contribution is 7.13. The molecule has 0 aliphatic carbocycles. The predicted molar refractivity (Wildman–Crippen MR) is 94.8 cm³/mol. The van der Waals surface area contributed by atoms with Crippen LogP contribution in [0.3, 0.4) is 0 Å². The van der Waals surface area contributed by atoms with Crippen molar-refractivity contribution in [2.75, 3.05) is 0 Å². The maximum absolute atomic E-state index is 12.2. The zero-order chi connectivity index (χ0) is 16.9. The number of hydrogen-bond donors (Lipinski definition) is 1. The summed E-state index contributed by atoms with van der Waals surface area (Å²) in [6, 6.07) is 14.8. The summed E-state index contributed by atoms with van der Waals surface area (Å²) in [5, 5.41) is 4.82. The maximum Gasteiger partial charge on any atom is 0.254 e. The molecule has 0 bridgehead atoms. The Kier molecular flexibility index (Phi) is 4.86. The summed E-state index contributed by atoms with van der Waals surface area (Å²) in [5.74, 6) is -0.223. The highest BCUT2D eigenvalue weighted by atomic mass is 32.1. The molecular formula is C18H17N3O2S. The molecule has 2 aromatic heterocycles. The minimum atomic E-state index is -0.240. The maximum atomic E-state index is 12.2. The van der Waals surface area contributed by atoms with Gasteiger partial charge < -0.3 is 5.32 Å². The molecule has 0 aliphatic heterocycles. The van der Waals surface area contributed by atoms with Gasteiger partial charge in [-0.05, 0) is 23.9 Å². The Morgan fingerprint density at radius 2 is 2.04 bits per heavy atom. The van der Waals surface area contributed by atoms with Crippen LogP contribution in [0.1, 0.15) is 18.5 Å². The van der Waals surface area contributed by atoms with Crippen LogP contribution in [0.15, 0.2) is 65.0 Å². The largest absolute Gasteiger partial charge is 0.348 e. The van der Waals surface area contributed by atoms with E-state index in [2.05, 4.69) is 10.3 Å². The first kappa shape index (κ1) is 16.1. The molecule has 5 nitrogen and oxygen atoms in total. The third-order valence-electron chi connectivity index (χ3n) is 3.64. The molecule has 0 saturated heterocycles. The molecule has 0 radical (unpaired) electrons. The number of carbonyl (C=O) groups is 1. The number of carbonyl (C=O) groups excluding carboxylic acids is 1. The normalized spacial score (nSPS) is 11.9. The number of amides is 1. The first-order valence-corrected chi connectivity index (χ1v) is 8.46. The van der Waals surface area contributed by atoms with E-state index in [1.165, 1.54) is 28.3 Å². The predicted octanol–water partition coefficient (Wildman–Crippen LogP) is 2.85. The van der Waals surface area contributed by atoms with E-state index in [9.17, 15) is 9.59 Å². The highest BCUT2D eigenvalue weighted by Gasteiger charge is 2.11. The van der Waals surface area contributed by atoms with Gasteiger partial charge in [0.05, 0.1) is 22.9 Å². The number of rotatable bonds is 5. The Bertz CT molecular complexity index is 873. The van der Waals surface area contributed by atoms with Gasteiger partial charge in [0.25, 0.3) is 5.56 Å². The molecule has 0 aliphatic rings. The number of nitrogens with one attached hydrogen (secondary N) is 1. The number of thiophene rings is 1. The zero-order valence-corrected chi connectivity index (χ0v) is 14.0. The van der Waals surface area contributed by atoms with Gasteiger partial charge in [-0.1, -0.05) is 36.4 Å². The summed E-state index contributed by atoms with van der Waals surface area (Å²) in [7, 11) is 0. The van der Waals surface area contributed by atoms with Gasteiger partial charge in [0.15, 0.2) is 0 Å². The van der Waals surface area contributed by atoms with Gasteiger partial charge in [0.1, 0.15) is 6.54 Å². The monoisotopic (exact) mass is 339 g/mol. The molecule has 3 aromatic rings. The van der Waals surface area contributed by atoms with E-state index in [0.717, 1.165) is 10.4 Å². The average Bonchev–Trinajstić information content (AvgIpc) is 3.12. The van der Waals surface area contributed by atoms with Crippen molar-refractivity contribution in [1.29, 1.82) is 0 Å². The van der Waals surface area contributed by atoms with Crippen molar-refractivity contribution in [2.24, 2.45) is 0 Å². The van der Waals surface area contributed by atoms with Crippen LogP contribution in [0.2, 0.25) is 0 Å². The molecule has 1 aromatic carbocycles. The number of aromatic nitrogens is 2. The second-order valence-corrected chi connectivity index (χ2v) is 6.37. The first-order chi connectivity index (χ1) is 11.6. The van der Waals surface area contributed by atoms with E-state index >= 15 is 0 Å². The lowest BCUT2D eigenvalue weighted by molar-refractivity contribution is -0.122. The van der Waals surface area contributed by atoms with Crippen molar-refractivity contribution in [3.8, 4) is 10.6 Å². The third kappa shape index (κ3) is 3.78. The van der Waals surface area contributed by atoms with Crippen molar-refractivity contribution >= 4 is 17.2 Å². The van der Waals surface area contributed by atoms with Gasteiger partial charge in [0, 0.05) is 6.07 Å². The van der Waals surface area contributed by atoms with E-state index in [1.54, 1.807) is 0 Å². The Hall–Kier alpha value is -2.73. The first-order valence-electron chi connectivity index (χ1n) is 7.58. The van der Waals surface area contributed by atoms with Crippen LogP contribution in [0.5, 0.6) is 0 Å². The van der Waals surface area contributed by atoms with Crippen LogP contribution in [0.25, 0.3) is 10.6 Å². The van der Waals surface area contributed by atoms with Crippen molar-refractivity contribution in [3.05, 3.63) is 76.2 Å². The summed E-state index contributed by atoms with van der Waals surface area (Å²) in [6.45, 7) is 1.86. The smallest absolute Gasteiger partial charge is 0.254 e. The highest BCUT2D eigenvalue weighted by Crippen LogP contribution is 2.20. The summed E-state index contributed by atoms with van der Waals surface area (Å²) in [4.78, 5) is 29.5. The second-order valence-electron chi connectivity index (χ2n) is 5.42. The summed E-state index contributed by atoms with van der Waals surface area (Å²) in [5.41, 5.74) is 1.41. The fourth-order valence-electron chi connectivity index (χ4n) is 2.37. The molecule has 0 spiro atoms. The van der Waals surface area contributed by atoms with Crippen LogP contribution < -0.4 is 10.9 Å². The zero-order valence-electron chi connectivity index (χ0n) is 13.2. The van der Waals surface area contributed by atoms with Crippen LogP contribution in [-0.4, -0.2) is 15.5 Å². The van der Waals surface area contributed by atoms with Gasteiger partial charge in [-0.15, -0.1) is 11.3 Å². The minimum Gasteiger partial charge on any atom is -0.348 e. The van der Waals surface area contributed by atoms with Gasteiger partial charge in [-0.3, -0.25) is 14.2 Å². The van der Waals surface area contributed by atoms with E-state index in [-0.39, 0.29) is 24.1 Å². The van der Waals surface area contributed by atoms with Crippen LogP contribution in [-0.2, 0) is 11.3 Å². The Labute approximate surface area is 143 Å². The lowest BCUT2D eigenvalue weighted by Gasteiger charge is -2.14. The summed E-state index contributed by atoms with van der Waals surface area (Å²) < 4.78 is 1.31. The van der Waals surface area contributed by atoms with E-state index in [0.29, 0.717) is 5.69 Å². The van der Waals surface area contributed by atoms with Crippen LogP contribution >= 0.6 is 11.3 Å². The molecule has 3 rings (SSSR count). The number of benzene rings is 1. The average molecular weight is 339 g/mol. The summed E-state index contributed by atoms with van der Waals surface area (Å²) in [6.07, 6.45) is 1.42. The molecule has 1 atom stereocenters. The quantitative estimate of drug-likeness (QED) is 0.777. The molecule has 0 saturated carbocycles. The van der Waals surface area contributed by atoms with E-state index in [4.69, 9.17) is 0 Å². The van der Waals surface area contributed by atoms with Crippen molar-refractivity contribution in [3.63, 3.8) is 0 Å². The number of hydrogen-bond acceptors (Lipinski definition) is 4. The summed E-state index contributed by atoms with van der Waals surface area (Å²) >= 11 is 1.52. The second kappa shape index (κ2) is 7.23. The Morgan fingerprint density at radius 1 is 1.25 bits per heavy atom. The Balaban J connectivity index is 1.67. The molecule has 122 valence electrons. The van der Waals surface area contributed by atoms with Gasteiger partial charge in [0.2, 0.25) is 5.91 Å². The standard InChI is InChI=1S/C18H17N3O2S/c1-13(14-6-3-2-4-7-14)20-17(22)11-21-12-19-15(10-18(21)23)16-8-5-9-24-16/h2-10,12-13H,11H2,1H3,(H,20,22)/t13-/m0/s1. The third-order valence-corrected chi connectivity index (χ3v) is 4.54. The number of nitrogens with zero attached hydrogens (tertiary/aromatic N) is 2. The molecule has 0 unspecified atom stereocenters. The Morgan fingerprint density at radius 3 is 2.71 bits per heavy atom.